The van der Waals surface area contributed by atoms with E-state index in [0.717, 1.165) is 0 Å². The van der Waals surface area contributed by atoms with Gasteiger partial charge in [-0.2, -0.15) is 0 Å². The average molecular weight is 291 g/mol. The van der Waals surface area contributed by atoms with Crippen LogP contribution in [0, 0.1) is 0 Å². The topological polar surface area (TPSA) is 84.1 Å². The lowest BCUT2D eigenvalue weighted by atomic mass is 10.3. The lowest BCUT2D eigenvalue weighted by molar-refractivity contribution is -0.113. The van der Waals surface area contributed by atoms with E-state index in [-0.39, 0.29) is 11.7 Å². The van der Waals surface area contributed by atoms with E-state index in [1.165, 1.54) is 18.0 Å². The predicted molar refractivity (Wildman–Crippen MR) is 77.2 cm³/mol. The standard InChI is InChI=1S/C13H13N3O3S/c1-19-10-5-3-2-4-9(10)15-11(17)8-20-12-6-7-14-13(18)16-12/h2-7H,8H2,1H3,(H,15,17)(H,14,16,18). The summed E-state index contributed by atoms with van der Waals surface area (Å²) in [7, 11) is 1.54. The number of aromatic amines is 1. The maximum atomic E-state index is 11.8. The monoisotopic (exact) mass is 291 g/mol. The Labute approximate surface area is 119 Å². The number of nitrogens with one attached hydrogen (secondary N) is 2. The van der Waals surface area contributed by atoms with Crippen LogP contribution < -0.4 is 15.7 Å². The number of hydrogen-bond acceptors (Lipinski definition) is 5. The smallest absolute Gasteiger partial charge is 0.345 e. The van der Waals surface area contributed by atoms with Crippen molar-refractivity contribution in [3.63, 3.8) is 0 Å². The number of hydrogen-bond donors (Lipinski definition) is 2. The Kier molecular flexibility index (Phi) is 4.78. The van der Waals surface area contributed by atoms with E-state index in [1.54, 1.807) is 25.3 Å². The molecule has 2 rings (SSSR count). The molecule has 0 saturated carbocycles. The number of aromatic nitrogens is 2. The van der Waals surface area contributed by atoms with Gasteiger partial charge in [0.15, 0.2) is 0 Å². The summed E-state index contributed by atoms with van der Waals surface area (Å²) in [5.74, 6) is 0.596. The maximum absolute atomic E-state index is 11.8. The zero-order valence-corrected chi connectivity index (χ0v) is 11.6. The summed E-state index contributed by atoms with van der Waals surface area (Å²) in [6, 6.07) is 8.80. The van der Waals surface area contributed by atoms with Crippen LogP contribution in [0.25, 0.3) is 0 Å². The van der Waals surface area contributed by atoms with Gasteiger partial charge >= 0.3 is 5.69 Å². The van der Waals surface area contributed by atoms with Gasteiger partial charge in [0, 0.05) is 6.20 Å². The van der Waals surface area contributed by atoms with Gasteiger partial charge in [-0.25, -0.2) is 9.78 Å². The Morgan fingerprint density at radius 1 is 1.40 bits per heavy atom. The lowest BCUT2D eigenvalue weighted by Gasteiger charge is -2.09. The van der Waals surface area contributed by atoms with E-state index in [0.29, 0.717) is 16.5 Å². The quantitative estimate of drug-likeness (QED) is 0.644. The predicted octanol–water partition coefficient (Wildman–Crippen LogP) is 1.51. The molecule has 2 aromatic rings. The summed E-state index contributed by atoms with van der Waals surface area (Å²) >= 11 is 1.23. The molecule has 104 valence electrons. The molecule has 0 aliphatic rings. The number of amides is 1. The summed E-state index contributed by atoms with van der Waals surface area (Å²) in [6.07, 6.45) is 1.40. The van der Waals surface area contributed by atoms with Crippen LogP contribution in [0.2, 0.25) is 0 Å². The van der Waals surface area contributed by atoms with Crippen molar-refractivity contribution in [1.82, 2.24) is 9.97 Å². The molecule has 0 spiro atoms. The molecule has 0 unspecified atom stereocenters. The number of methoxy groups -OCH3 is 1. The molecule has 1 amide bonds. The zero-order chi connectivity index (χ0) is 14.4. The molecule has 2 N–H and O–H groups in total. The van der Waals surface area contributed by atoms with E-state index in [9.17, 15) is 9.59 Å². The first kappa shape index (κ1) is 14.1. The molecule has 6 nitrogen and oxygen atoms in total. The van der Waals surface area contributed by atoms with E-state index >= 15 is 0 Å². The van der Waals surface area contributed by atoms with Crippen molar-refractivity contribution in [3.8, 4) is 5.75 Å². The third-order valence-corrected chi connectivity index (χ3v) is 3.34. The molecular formula is C13H13N3O3S. The highest BCUT2D eigenvalue weighted by atomic mass is 32.2. The number of ether oxygens (including phenoxy) is 1. The molecule has 0 fully saturated rings. The number of rotatable bonds is 5. The largest absolute Gasteiger partial charge is 0.495 e. The first-order valence-electron chi connectivity index (χ1n) is 5.80. The average Bonchev–Trinajstić information content (AvgIpc) is 2.46. The third-order valence-electron chi connectivity index (χ3n) is 2.39. The van der Waals surface area contributed by atoms with Crippen LogP contribution in [0.5, 0.6) is 5.75 Å². The first-order chi connectivity index (χ1) is 9.69. The Hall–Kier alpha value is -2.28. The summed E-state index contributed by atoms with van der Waals surface area (Å²) in [5.41, 5.74) is 0.184. The number of carbonyl (C=O) groups excluding carboxylic acids is 1. The van der Waals surface area contributed by atoms with Gasteiger partial charge in [-0.1, -0.05) is 23.9 Å². The van der Waals surface area contributed by atoms with Crippen LogP contribution in [0.3, 0.4) is 0 Å². The number of anilines is 1. The summed E-state index contributed by atoms with van der Waals surface area (Å²) in [4.78, 5) is 28.9. The molecule has 0 atom stereocenters. The van der Waals surface area contributed by atoms with E-state index in [4.69, 9.17) is 4.74 Å². The molecule has 0 aliphatic carbocycles. The van der Waals surface area contributed by atoms with Gasteiger partial charge in [0.25, 0.3) is 0 Å². The van der Waals surface area contributed by atoms with Gasteiger partial charge < -0.3 is 15.0 Å². The highest BCUT2D eigenvalue weighted by molar-refractivity contribution is 7.99. The fourth-order valence-corrected chi connectivity index (χ4v) is 2.19. The van der Waals surface area contributed by atoms with Gasteiger partial charge in [0.2, 0.25) is 5.91 Å². The van der Waals surface area contributed by atoms with Gasteiger partial charge in [-0.05, 0) is 18.2 Å². The normalized spacial score (nSPS) is 10.1. The number of para-hydroxylation sites is 2. The minimum atomic E-state index is -0.430. The van der Waals surface area contributed by atoms with Crippen molar-refractivity contribution in [2.75, 3.05) is 18.2 Å². The van der Waals surface area contributed by atoms with Crippen molar-refractivity contribution in [1.29, 1.82) is 0 Å². The number of benzene rings is 1. The van der Waals surface area contributed by atoms with Crippen LogP contribution in [-0.2, 0) is 4.79 Å². The fourth-order valence-electron chi connectivity index (χ4n) is 1.51. The molecule has 1 heterocycles. The van der Waals surface area contributed by atoms with Crippen LogP contribution >= 0.6 is 11.8 Å². The highest BCUT2D eigenvalue weighted by Crippen LogP contribution is 2.23. The van der Waals surface area contributed by atoms with Crippen molar-refractivity contribution in [2.24, 2.45) is 0 Å². The number of thioether (sulfide) groups is 1. The Balaban J connectivity index is 1.94. The van der Waals surface area contributed by atoms with Gasteiger partial charge in [0.05, 0.1) is 23.6 Å². The van der Waals surface area contributed by atoms with Crippen LogP contribution in [0.4, 0.5) is 5.69 Å². The van der Waals surface area contributed by atoms with E-state index in [2.05, 4.69) is 15.3 Å². The van der Waals surface area contributed by atoms with Crippen molar-refractivity contribution < 1.29 is 9.53 Å². The van der Waals surface area contributed by atoms with Gasteiger partial charge in [0.1, 0.15) is 5.75 Å². The molecular weight excluding hydrogens is 278 g/mol. The maximum Gasteiger partial charge on any atom is 0.345 e. The molecule has 0 bridgehead atoms. The number of carbonyl (C=O) groups is 1. The second-order valence-electron chi connectivity index (χ2n) is 3.78. The van der Waals surface area contributed by atoms with Crippen LogP contribution in [0.1, 0.15) is 0 Å². The second kappa shape index (κ2) is 6.76. The molecule has 7 heteroatoms. The van der Waals surface area contributed by atoms with Crippen molar-refractivity contribution in [2.45, 2.75) is 5.03 Å². The minimum Gasteiger partial charge on any atom is -0.495 e. The molecule has 0 radical (unpaired) electrons. The van der Waals surface area contributed by atoms with Gasteiger partial charge in [-0.3, -0.25) is 4.79 Å². The van der Waals surface area contributed by atoms with Crippen LogP contribution in [-0.4, -0.2) is 28.7 Å². The van der Waals surface area contributed by atoms with E-state index in [1.807, 2.05) is 12.1 Å². The molecule has 1 aromatic carbocycles. The zero-order valence-electron chi connectivity index (χ0n) is 10.8. The SMILES string of the molecule is COc1ccccc1NC(=O)CSc1ccnc(=O)[nH]1. The summed E-state index contributed by atoms with van der Waals surface area (Å²) < 4.78 is 5.15. The third kappa shape index (κ3) is 3.86. The second-order valence-corrected chi connectivity index (χ2v) is 4.79. The molecule has 20 heavy (non-hydrogen) atoms. The van der Waals surface area contributed by atoms with E-state index < -0.39 is 5.69 Å². The summed E-state index contributed by atoms with van der Waals surface area (Å²) in [5, 5.41) is 3.35. The molecule has 1 aromatic heterocycles. The molecule has 0 saturated heterocycles. The number of H-pyrrole nitrogens is 1. The number of nitrogens with zero attached hydrogens (tertiary/aromatic N) is 1. The molecule has 0 aliphatic heterocycles. The van der Waals surface area contributed by atoms with Crippen molar-refractivity contribution >= 4 is 23.4 Å². The van der Waals surface area contributed by atoms with Crippen LogP contribution in [0.15, 0.2) is 46.3 Å². The Bertz CT molecular complexity index is 657. The first-order valence-corrected chi connectivity index (χ1v) is 6.78. The van der Waals surface area contributed by atoms with Gasteiger partial charge in [-0.15, -0.1) is 0 Å². The Morgan fingerprint density at radius 3 is 2.95 bits per heavy atom. The lowest BCUT2D eigenvalue weighted by Crippen LogP contribution is -2.15. The Morgan fingerprint density at radius 2 is 2.20 bits per heavy atom. The minimum absolute atomic E-state index is 0.179. The fraction of sp³-hybridized carbons (Fsp3) is 0.154. The van der Waals surface area contributed by atoms with Crippen molar-refractivity contribution in [3.05, 3.63) is 47.0 Å². The summed E-state index contributed by atoms with van der Waals surface area (Å²) in [6.45, 7) is 0. The highest BCUT2D eigenvalue weighted by Gasteiger charge is 2.07.